The van der Waals surface area contributed by atoms with Crippen molar-refractivity contribution in [3.63, 3.8) is 0 Å². The Bertz CT molecular complexity index is 232. The highest BCUT2D eigenvalue weighted by molar-refractivity contribution is 7.97. The van der Waals surface area contributed by atoms with Crippen molar-refractivity contribution in [2.24, 2.45) is 0 Å². The van der Waals surface area contributed by atoms with Gasteiger partial charge < -0.3 is 27.5 Å². The first-order valence-corrected chi connectivity index (χ1v) is 6.27. The highest BCUT2D eigenvalue weighted by Crippen LogP contribution is 2.13. The fourth-order valence-corrected chi connectivity index (χ4v) is 2.22. The first kappa shape index (κ1) is 19.9. The largest absolute Gasteiger partial charge is 0.673 e. The van der Waals surface area contributed by atoms with Crippen molar-refractivity contribution in [3.8, 4) is 0 Å². The highest BCUT2D eigenvalue weighted by atomic mass is 32.2. The second-order valence-electron chi connectivity index (χ2n) is 2.77. The lowest BCUT2D eigenvalue weighted by molar-refractivity contribution is 0.316. The van der Waals surface area contributed by atoms with Gasteiger partial charge in [0.15, 0.2) is 5.75 Å². The molecule has 2 N–H and O–H groups in total. The van der Waals surface area contributed by atoms with Gasteiger partial charge in [-0.3, -0.25) is 0 Å². The molecule has 0 radical (unpaired) electrons. The van der Waals surface area contributed by atoms with Crippen molar-refractivity contribution in [3.05, 3.63) is 11.9 Å². The minimum absolute atomic E-state index is 0.176. The van der Waals surface area contributed by atoms with E-state index in [4.69, 9.17) is 10.2 Å². The van der Waals surface area contributed by atoms with Crippen molar-refractivity contribution in [2.75, 3.05) is 30.5 Å². The molecule has 0 amide bonds. The fourth-order valence-electron chi connectivity index (χ4n) is 0.738. The van der Waals surface area contributed by atoms with Gasteiger partial charge in [0.05, 0.1) is 13.2 Å². The Hall–Kier alpha value is -0.415. The molecular weight excluding hydrogens is 292 g/mol. The minimum atomic E-state index is -6.00. The molecule has 0 heterocycles. The van der Waals surface area contributed by atoms with Crippen molar-refractivity contribution in [1.29, 1.82) is 0 Å². The summed E-state index contributed by atoms with van der Waals surface area (Å²) in [6.45, 7) is -0.353. The summed E-state index contributed by atoms with van der Waals surface area (Å²) in [5, 5.41) is 17.0. The van der Waals surface area contributed by atoms with Crippen LogP contribution in [0.2, 0.25) is 0 Å². The Kier molecular flexibility index (Phi) is 11.6. The maximum Gasteiger partial charge on any atom is 0.673 e. The Labute approximate surface area is 102 Å². The lowest BCUT2D eigenvalue weighted by Crippen LogP contribution is -2.21. The third-order valence-corrected chi connectivity index (χ3v) is 3.48. The molecule has 0 spiro atoms. The molecule has 0 fully saturated rings. The van der Waals surface area contributed by atoms with Gasteiger partial charge in [-0.05, 0) is 10.9 Å². The molecule has 11 heteroatoms. The minimum Gasteiger partial charge on any atom is -0.418 e. The van der Waals surface area contributed by atoms with E-state index in [2.05, 4.69) is 0 Å². The van der Waals surface area contributed by atoms with Crippen LogP contribution in [0.4, 0.5) is 30.4 Å². The Morgan fingerprint density at radius 1 is 0.889 bits per heavy atom. The van der Waals surface area contributed by atoms with Crippen molar-refractivity contribution < 1.29 is 40.6 Å². The van der Waals surface area contributed by atoms with Crippen LogP contribution in [-0.4, -0.2) is 47.9 Å². The maximum absolute atomic E-state index is 12.4. The van der Waals surface area contributed by atoms with Crippen LogP contribution >= 0.6 is 0 Å². The molecule has 0 unspecified atom stereocenters. The fraction of sp³-hybridized carbons (Fsp3) is 0.714. The van der Waals surface area contributed by atoms with Crippen LogP contribution in [0.15, 0.2) is 11.9 Å². The van der Waals surface area contributed by atoms with E-state index in [9.17, 15) is 30.4 Å². The molecule has 0 aromatic heterocycles. The SMILES string of the molecule is F[B-](F)(F)F.OCC[S+](CCO)CC(F)=C(F)F. The molecule has 18 heavy (non-hydrogen) atoms. The summed E-state index contributed by atoms with van der Waals surface area (Å²) in [6.07, 6.45) is -2.31. The quantitative estimate of drug-likeness (QED) is 0.447. The van der Waals surface area contributed by atoms with Crippen molar-refractivity contribution in [2.45, 2.75) is 0 Å². The van der Waals surface area contributed by atoms with Gasteiger partial charge in [0.1, 0.15) is 11.5 Å². The van der Waals surface area contributed by atoms with Crippen molar-refractivity contribution in [1.82, 2.24) is 0 Å². The van der Waals surface area contributed by atoms with Crippen LogP contribution < -0.4 is 0 Å². The van der Waals surface area contributed by atoms with Gasteiger partial charge in [-0.1, -0.05) is 0 Å². The smallest absolute Gasteiger partial charge is 0.418 e. The van der Waals surface area contributed by atoms with E-state index in [1.807, 2.05) is 0 Å². The number of aliphatic hydroxyl groups excluding tert-OH is 2. The zero-order chi connectivity index (χ0) is 14.8. The standard InChI is InChI=1S/C7H12F3O2S.BF4/c8-6(7(9)10)5-13(3-1-11)4-2-12;2-1(3,4)5/h11-12H,1-5H2;/q+1;-1. The molecule has 0 rings (SSSR count). The van der Waals surface area contributed by atoms with E-state index >= 15 is 0 Å². The summed E-state index contributed by atoms with van der Waals surface area (Å²) in [5.41, 5.74) is 0. The van der Waals surface area contributed by atoms with Crippen LogP contribution in [0.25, 0.3) is 0 Å². The van der Waals surface area contributed by atoms with E-state index in [1.165, 1.54) is 0 Å². The summed E-state index contributed by atoms with van der Waals surface area (Å²) in [6, 6.07) is 0. The molecule has 2 nitrogen and oxygen atoms in total. The monoisotopic (exact) mass is 304 g/mol. The first-order chi connectivity index (χ1) is 8.11. The first-order valence-electron chi connectivity index (χ1n) is 4.54. The molecule has 0 aliphatic carbocycles. The zero-order valence-corrected chi connectivity index (χ0v) is 9.88. The van der Waals surface area contributed by atoms with Crippen LogP contribution in [0, 0.1) is 0 Å². The van der Waals surface area contributed by atoms with E-state index < -0.39 is 30.1 Å². The third kappa shape index (κ3) is 18.0. The van der Waals surface area contributed by atoms with Crippen LogP contribution in [0.5, 0.6) is 0 Å². The normalized spacial score (nSPS) is 11.0. The Morgan fingerprint density at radius 3 is 1.44 bits per heavy atom. The molecule has 0 bridgehead atoms. The molecule has 0 saturated heterocycles. The summed E-state index contributed by atoms with van der Waals surface area (Å²) in [7, 11) is -6.69. The molecule has 0 atom stereocenters. The molecular formula is C7H12BF7O2S. The van der Waals surface area contributed by atoms with E-state index in [1.54, 1.807) is 0 Å². The molecule has 110 valence electrons. The lowest BCUT2D eigenvalue weighted by Gasteiger charge is -2.03. The van der Waals surface area contributed by atoms with Crippen LogP contribution in [-0.2, 0) is 10.9 Å². The predicted molar refractivity (Wildman–Crippen MR) is 56.7 cm³/mol. The summed E-state index contributed by atoms with van der Waals surface area (Å²) in [5.74, 6) is -1.32. The number of rotatable bonds is 6. The number of hydrogen-bond donors (Lipinski definition) is 2. The van der Waals surface area contributed by atoms with Crippen LogP contribution in [0.1, 0.15) is 0 Å². The molecule has 0 aliphatic heterocycles. The Morgan fingerprint density at radius 2 is 1.22 bits per heavy atom. The van der Waals surface area contributed by atoms with Gasteiger partial charge >= 0.3 is 13.3 Å². The predicted octanol–water partition coefficient (Wildman–Crippen LogP) is 1.97. The second-order valence-corrected chi connectivity index (χ2v) is 5.10. The van der Waals surface area contributed by atoms with Gasteiger partial charge in [0.25, 0.3) is 0 Å². The van der Waals surface area contributed by atoms with Gasteiger partial charge in [0, 0.05) is 0 Å². The summed E-state index contributed by atoms with van der Waals surface area (Å²) >= 11 is 0. The van der Waals surface area contributed by atoms with Crippen LogP contribution in [0.3, 0.4) is 0 Å². The van der Waals surface area contributed by atoms with Crippen molar-refractivity contribution >= 4 is 18.1 Å². The van der Waals surface area contributed by atoms with Gasteiger partial charge in [-0.25, -0.2) is 4.39 Å². The molecule has 0 aromatic rings. The molecule has 0 aromatic carbocycles. The summed E-state index contributed by atoms with van der Waals surface area (Å²) < 4.78 is 74.7. The molecule has 0 saturated carbocycles. The van der Waals surface area contributed by atoms with E-state index in [0.29, 0.717) is 0 Å². The van der Waals surface area contributed by atoms with Gasteiger partial charge in [-0.2, -0.15) is 8.78 Å². The number of aliphatic hydroxyl groups is 2. The average Bonchev–Trinajstić information content (AvgIpc) is 2.15. The maximum atomic E-state index is 12.4. The van der Waals surface area contributed by atoms with Gasteiger partial charge in [-0.15, -0.1) is 0 Å². The average molecular weight is 304 g/mol. The highest BCUT2D eigenvalue weighted by Gasteiger charge is 2.22. The summed E-state index contributed by atoms with van der Waals surface area (Å²) in [4.78, 5) is 0. The number of halogens is 7. The number of hydrogen-bond acceptors (Lipinski definition) is 2. The molecule has 0 aliphatic rings. The lowest BCUT2D eigenvalue weighted by atomic mass is 10.3. The van der Waals surface area contributed by atoms with E-state index in [-0.39, 0.29) is 30.5 Å². The van der Waals surface area contributed by atoms with Gasteiger partial charge in [0.2, 0.25) is 5.83 Å². The zero-order valence-electron chi connectivity index (χ0n) is 9.06. The second kappa shape index (κ2) is 10.5. The third-order valence-electron chi connectivity index (χ3n) is 1.30. The van der Waals surface area contributed by atoms with E-state index in [0.717, 1.165) is 0 Å². The topological polar surface area (TPSA) is 40.5 Å². The Balaban J connectivity index is 0.